The highest BCUT2D eigenvalue weighted by Gasteiger charge is 2.41. The first-order valence-corrected chi connectivity index (χ1v) is 38.2. The number of benzene rings is 6. The summed E-state index contributed by atoms with van der Waals surface area (Å²) in [7, 11) is 0. The Morgan fingerprint density at radius 3 is 0.737 bits per heavy atom. The van der Waals surface area contributed by atoms with Crippen LogP contribution in [0, 0.1) is 71.0 Å². The summed E-state index contributed by atoms with van der Waals surface area (Å²) in [4.78, 5) is 174. The van der Waals surface area contributed by atoms with Crippen LogP contribution in [0.1, 0.15) is 290 Å². The van der Waals surface area contributed by atoms with Crippen molar-refractivity contribution >= 4 is 82.8 Å². The third kappa shape index (κ3) is 22.9. The number of carbonyl (C=O) groups is 14. The molecule has 6 aromatic carbocycles. The predicted octanol–water partition coefficient (Wildman–Crippen LogP) is 9.52. The smallest absolute Gasteiger partial charge is 0.303 e. The van der Waals surface area contributed by atoms with E-state index in [1.165, 1.54) is 19.6 Å². The molecule has 12 amide bonds. The molecule has 0 aromatic heterocycles. The second kappa shape index (κ2) is 44.8. The number of unbranched alkanes of at least 4 members (excludes halogenated alkanes) is 6. The number of fused-ring (bicyclic) bond motifs is 6. The summed E-state index contributed by atoms with van der Waals surface area (Å²) in [6.07, 6.45) is 7.08. The molecule has 0 bridgehead atoms. The molecule has 0 fully saturated rings. The van der Waals surface area contributed by atoms with Gasteiger partial charge in [0.1, 0.15) is 0 Å². The molecule has 26 heteroatoms. The summed E-state index contributed by atoms with van der Waals surface area (Å²) in [5.74, 6) is 28.4. The molecule has 26 nitrogen and oxygen atoms in total. The van der Waals surface area contributed by atoms with Gasteiger partial charge in [0.15, 0.2) is 0 Å². The van der Waals surface area contributed by atoms with E-state index in [-0.39, 0.29) is 130 Å². The van der Waals surface area contributed by atoms with Crippen LogP contribution in [0.25, 0.3) is 0 Å². The number of imide groups is 6. The number of carboxylic acid groups (broad SMARTS) is 2. The standard InChI is InChI=1S/C17H17NO4.C17H19NO3.C15H13NO4.C15H15NO3.2C14H13NO3/c1-2-6-12-8-9-13-14(11-12)17(22)18(16(13)21)10-5-3-4-7-15(19)20;1-2-7-13-8-9-14-15(12-13)17(21)18(16(14)20)10-5-3-4-6-11-19;1-2-4-10-6-7-11-12(9-10)15(20)16(14(11)19)8-3-5-13(17)18;1-2-5-11-6-7-12-13(10-11)15(19)16(14(12)18)8-3-4-9-17;1-3-4-10-5-6-11-12(7-10)14(18)15(13(11)17)9(2)8-16;1-2-4-10-5-6-11-12(9-10)14(18)15(13(11)17)7-3-8-16/h8-9,11H,3-5,7,10H2,1H3,(H,19,20);8-9,12,19H,3-6,10-11H2,1H3;6-7,9H,3,5,8H2,1H3,(H,17,18);6-7,10,17H,3-4,8-9H2,1H3;5-7,9,16H,8H2,1-2H3;5-6,9,16H,3,7-8H2,1H3. The van der Waals surface area contributed by atoms with Gasteiger partial charge < -0.3 is 30.6 Å². The zero-order valence-electron chi connectivity index (χ0n) is 66.6. The van der Waals surface area contributed by atoms with Gasteiger partial charge in [-0.15, -0.1) is 35.5 Å². The summed E-state index contributed by atoms with van der Waals surface area (Å²) >= 11 is 0. The van der Waals surface area contributed by atoms with Crippen LogP contribution in [0.2, 0.25) is 0 Å². The van der Waals surface area contributed by atoms with E-state index in [2.05, 4.69) is 71.0 Å². The molecule has 12 rings (SSSR count). The Hall–Kier alpha value is -13.7. The number of aliphatic hydroxyl groups is 4. The molecule has 6 N–H and O–H groups in total. The third-order valence-corrected chi connectivity index (χ3v) is 18.8. The molecule has 6 heterocycles. The lowest BCUT2D eigenvalue weighted by Crippen LogP contribution is -2.40. The van der Waals surface area contributed by atoms with Gasteiger partial charge in [0, 0.05) is 98.8 Å². The number of carbonyl (C=O) groups excluding carboxylic acids is 12. The molecule has 6 aliphatic rings. The van der Waals surface area contributed by atoms with Gasteiger partial charge in [-0.05, 0) is 209 Å². The quantitative estimate of drug-likeness (QED) is 0.0176. The van der Waals surface area contributed by atoms with Crippen molar-refractivity contribution in [1.29, 1.82) is 0 Å². The Morgan fingerprint density at radius 2 is 0.475 bits per heavy atom. The highest BCUT2D eigenvalue weighted by molar-refractivity contribution is 6.25. The van der Waals surface area contributed by atoms with E-state index >= 15 is 0 Å². The lowest BCUT2D eigenvalue weighted by Gasteiger charge is -2.19. The number of rotatable bonds is 25. The minimum Gasteiger partial charge on any atom is -0.481 e. The van der Waals surface area contributed by atoms with Crippen molar-refractivity contribution in [2.24, 2.45) is 0 Å². The fourth-order valence-electron chi connectivity index (χ4n) is 13.0. The van der Waals surface area contributed by atoms with Crippen molar-refractivity contribution in [2.75, 3.05) is 59.2 Å². The number of hydrogen-bond acceptors (Lipinski definition) is 18. The zero-order valence-corrected chi connectivity index (χ0v) is 66.6. The van der Waals surface area contributed by atoms with Crippen molar-refractivity contribution < 1.29 is 97.8 Å². The zero-order chi connectivity index (χ0) is 86.3. The third-order valence-electron chi connectivity index (χ3n) is 18.8. The molecule has 0 radical (unpaired) electrons. The van der Waals surface area contributed by atoms with Crippen molar-refractivity contribution in [2.45, 2.75) is 138 Å². The van der Waals surface area contributed by atoms with Crippen molar-refractivity contribution in [3.8, 4) is 71.0 Å². The molecule has 0 aliphatic carbocycles. The largest absolute Gasteiger partial charge is 0.481 e. The second-order valence-electron chi connectivity index (χ2n) is 27.0. The van der Waals surface area contributed by atoms with Crippen LogP contribution in [0.5, 0.6) is 0 Å². The molecule has 0 spiro atoms. The van der Waals surface area contributed by atoms with Crippen LogP contribution >= 0.6 is 0 Å². The van der Waals surface area contributed by atoms with E-state index in [0.717, 1.165) is 52.2 Å². The molecule has 608 valence electrons. The van der Waals surface area contributed by atoms with Crippen LogP contribution < -0.4 is 0 Å². The number of aliphatic carboxylic acids is 2. The van der Waals surface area contributed by atoms with E-state index < -0.39 is 18.0 Å². The summed E-state index contributed by atoms with van der Waals surface area (Å²) in [5.41, 5.74) is 9.16. The fraction of sp³-hybridized carbons (Fsp3) is 0.326. The monoisotopic (exact) mass is 1600 g/mol. The number of amides is 12. The number of hydrogen-bond donors (Lipinski definition) is 6. The Bertz CT molecular complexity index is 5370. The number of carboxylic acids is 2. The van der Waals surface area contributed by atoms with Gasteiger partial charge in [0.05, 0.1) is 79.4 Å². The molecular formula is C92H90N6O20. The first-order chi connectivity index (χ1) is 56.7. The average molecular weight is 1600 g/mol. The van der Waals surface area contributed by atoms with Gasteiger partial charge in [0.25, 0.3) is 70.9 Å². The summed E-state index contributed by atoms with van der Waals surface area (Å²) < 4.78 is 0. The van der Waals surface area contributed by atoms with E-state index in [1.807, 2.05) is 0 Å². The maximum atomic E-state index is 12.3. The maximum absolute atomic E-state index is 12.3. The number of aliphatic hydroxyl groups excluding tert-OH is 4. The Labute approximate surface area is 684 Å². The highest BCUT2D eigenvalue weighted by atomic mass is 16.4. The molecule has 6 aromatic rings. The number of nitrogens with zero attached hydrogens (tertiary/aromatic N) is 6. The molecule has 1 unspecified atom stereocenters. The van der Waals surface area contributed by atoms with Crippen LogP contribution in [-0.2, 0) is 9.59 Å². The van der Waals surface area contributed by atoms with E-state index in [9.17, 15) is 67.1 Å². The molecule has 6 aliphatic heterocycles. The van der Waals surface area contributed by atoms with Crippen molar-refractivity contribution in [1.82, 2.24) is 29.4 Å². The second-order valence-corrected chi connectivity index (χ2v) is 27.0. The van der Waals surface area contributed by atoms with Crippen LogP contribution in [0.4, 0.5) is 0 Å². The van der Waals surface area contributed by atoms with E-state index in [1.54, 1.807) is 158 Å². The Kier molecular flexibility index (Phi) is 34.8. The summed E-state index contributed by atoms with van der Waals surface area (Å²) in [6.45, 7) is 13.4. The molecule has 0 saturated heterocycles. The predicted molar refractivity (Wildman–Crippen MR) is 434 cm³/mol. The SMILES string of the molecule is CC#Cc1ccc2c(c1)C(=O)N(C(C)CO)C2=O.CC#Cc1ccc2c(c1)C(=O)N(CCCC(=O)O)C2=O.CC#Cc1ccc2c(c1)C(=O)N(CCCCCC(=O)O)C2=O.CC#Cc1ccc2c(c1)C(=O)N(CCCCCCO)C2=O.CC#Cc1ccc2c(c1)C(=O)N(CCCCO)C2=O.CC#Cc1ccc2c(c1)C(=O)N(CCCO)C2=O. The minimum absolute atomic E-state index is 0.0417. The van der Waals surface area contributed by atoms with Crippen LogP contribution in [0.15, 0.2) is 109 Å². The van der Waals surface area contributed by atoms with Crippen molar-refractivity contribution in [3.63, 3.8) is 0 Å². The average Bonchev–Trinajstić information content (AvgIpc) is 1.67. The summed E-state index contributed by atoms with van der Waals surface area (Å²) in [6, 6.07) is 29.6. The van der Waals surface area contributed by atoms with Gasteiger partial charge in [-0.3, -0.25) is 96.5 Å². The van der Waals surface area contributed by atoms with E-state index in [0.29, 0.717) is 142 Å². The minimum atomic E-state index is -0.942. The van der Waals surface area contributed by atoms with Crippen molar-refractivity contribution in [3.05, 3.63) is 209 Å². The van der Waals surface area contributed by atoms with Gasteiger partial charge in [0.2, 0.25) is 0 Å². The van der Waals surface area contributed by atoms with Crippen LogP contribution in [-0.4, -0.2) is 208 Å². The lowest BCUT2D eigenvalue weighted by molar-refractivity contribution is -0.138. The Morgan fingerprint density at radius 1 is 0.271 bits per heavy atom. The lowest BCUT2D eigenvalue weighted by atomic mass is 10.1. The molecule has 1 atom stereocenters. The Balaban J connectivity index is 0.000000196. The fourth-order valence-corrected chi connectivity index (χ4v) is 13.0. The first-order valence-electron chi connectivity index (χ1n) is 38.2. The summed E-state index contributed by atoms with van der Waals surface area (Å²) in [5, 5.41) is 52.5. The van der Waals surface area contributed by atoms with E-state index in [4.69, 9.17) is 30.6 Å². The molecular weight excluding hydrogens is 1510 g/mol. The topological polar surface area (TPSA) is 380 Å². The van der Waals surface area contributed by atoms with Gasteiger partial charge >= 0.3 is 11.9 Å². The molecule has 118 heavy (non-hydrogen) atoms. The normalized spacial score (nSPS) is 13.4. The van der Waals surface area contributed by atoms with Crippen LogP contribution in [0.3, 0.4) is 0 Å². The maximum Gasteiger partial charge on any atom is 0.303 e. The van der Waals surface area contributed by atoms with Gasteiger partial charge in [-0.2, -0.15) is 0 Å². The first kappa shape index (κ1) is 91.5. The molecule has 0 saturated carbocycles. The van der Waals surface area contributed by atoms with Gasteiger partial charge in [-0.25, -0.2) is 0 Å². The highest BCUT2D eigenvalue weighted by Crippen LogP contribution is 2.31. The van der Waals surface area contributed by atoms with Gasteiger partial charge in [-0.1, -0.05) is 54.8 Å².